The first kappa shape index (κ1) is 9.86. The van der Waals surface area contributed by atoms with Crippen LogP contribution in [0.1, 0.15) is 24.2 Å². The lowest BCUT2D eigenvalue weighted by Gasteiger charge is -2.13. The Hall–Kier alpha value is -1.22. The summed E-state index contributed by atoms with van der Waals surface area (Å²) < 4.78 is 4.93. The fraction of sp³-hybridized carbons (Fsp3) is 0.400. The van der Waals surface area contributed by atoms with Crippen molar-refractivity contribution in [1.29, 1.82) is 0 Å². The highest BCUT2D eigenvalue weighted by molar-refractivity contribution is 5.50. The largest absolute Gasteiger partial charge is 0.504 e. The van der Waals surface area contributed by atoms with E-state index in [2.05, 4.69) is 0 Å². The molecule has 0 aliphatic rings. The highest BCUT2D eigenvalue weighted by atomic mass is 16.5. The Balaban J connectivity index is 3.30. The van der Waals surface area contributed by atoms with E-state index in [9.17, 15) is 10.2 Å². The summed E-state index contributed by atoms with van der Waals surface area (Å²) in [4.78, 5) is 0. The molecule has 0 radical (unpaired) electrons. The van der Waals surface area contributed by atoms with Crippen molar-refractivity contribution in [2.24, 2.45) is 0 Å². The van der Waals surface area contributed by atoms with E-state index in [1.807, 2.05) is 6.92 Å². The molecule has 0 amide bonds. The average molecular weight is 182 g/mol. The third-order valence-corrected chi connectivity index (χ3v) is 2.04. The van der Waals surface area contributed by atoms with E-state index in [1.54, 1.807) is 19.1 Å². The van der Waals surface area contributed by atoms with Crippen LogP contribution in [0.15, 0.2) is 12.1 Å². The van der Waals surface area contributed by atoms with Gasteiger partial charge < -0.3 is 14.9 Å². The van der Waals surface area contributed by atoms with E-state index in [1.165, 1.54) is 7.11 Å². The Kier molecular flexibility index (Phi) is 2.78. The molecule has 3 heteroatoms. The standard InChI is InChI=1S/C10H14O3/c1-6-4-5-8(13-3)10(12)9(6)7(2)11/h4-5,7,11-12H,1-3H3. The van der Waals surface area contributed by atoms with Crippen LogP contribution in [0, 0.1) is 6.92 Å². The number of aromatic hydroxyl groups is 1. The van der Waals surface area contributed by atoms with Gasteiger partial charge in [-0.1, -0.05) is 6.07 Å². The molecule has 0 aromatic heterocycles. The monoisotopic (exact) mass is 182 g/mol. The first-order valence-electron chi connectivity index (χ1n) is 4.12. The number of phenols is 1. The lowest BCUT2D eigenvalue weighted by Crippen LogP contribution is -1.97. The van der Waals surface area contributed by atoms with E-state index in [0.717, 1.165) is 5.56 Å². The highest BCUT2D eigenvalue weighted by Gasteiger charge is 2.14. The van der Waals surface area contributed by atoms with Crippen molar-refractivity contribution in [3.8, 4) is 11.5 Å². The van der Waals surface area contributed by atoms with E-state index in [0.29, 0.717) is 11.3 Å². The third kappa shape index (κ3) is 1.75. The number of hydrogen-bond donors (Lipinski definition) is 2. The zero-order valence-corrected chi connectivity index (χ0v) is 8.03. The molecule has 0 spiro atoms. The number of methoxy groups -OCH3 is 1. The minimum atomic E-state index is -0.685. The molecule has 0 bridgehead atoms. The number of rotatable bonds is 2. The lowest BCUT2D eigenvalue weighted by atomic mass is 10.0. The zero-order valence-electron chi connectivity index (χ0n) is 8.03. The van der Waals surface area contributed by atoms with E-state index in [4.69, 9.17) is 4.74 Å². The summed E-state index contributed by atoms with van der Waals surface area (Å²) in [7, 11) is 1.48. The minimum absolute atomic E-state index is 0.0255. The Labute approximate surface area is 77.6 Å². The number of aliphatic hydroxyl groups is 1. The summed E-state index contributed by atoms with van der Waals surface area (Å²) in [5.41, 5.74) is 1.38. The molecule has 0 heterocycles. The smallest absolute Gasteiger partial charge is 0.163 e. The number of aryl methyl sites for hydroxylation is 1. The van der Waals surface area contributed by atoms with Gasteiger partial charge in [0.2, 0.25) is 0 Å². The van der Waals surface area contributed by atoms with Crippen LogP contribution < -0.4 is 4.74 Å². The van der Waals surface area contributed by atoms with Gasteiger partial charge in [-0.15, -0.1) is 0 Å². The third-order valence-electron chi connectivity index (χ3n) is 2.04. The highest BCUT2D eigenvalue weighted by Crippen LogP contribution is 2.35. The van der Waals surface area contributed by atoms with Gasteiger partial charge in [0.1, 0.15) is 0 Å². The Bertz CT molecular complexity index is 305. The van der Waals surface area contributed by atoms with Crippen molar-refractivity contribution in [3.63, 3.8) is 0 Å². The summed E-state index contributed by atoms with van der Waals surface area (Å²) in [5.74, 6) is 0.416. The second kappa shape index (κ2) is 3.66. The second-order valence-electron chi connectivity index (χ2n) is 3.02. The predicted molar refractivity (Wildman–Crippen MR) is 50.0 cm³/mol. The van der Waals surface area contributed by atoms with Crippen LogP contribution in [0.3, 0.4) is 0 Å². The summed E-state index contributed by atoms with van der Waals surface area (Å²) in [6.07, 6.45) is -0.685. The van der Waals surface area contributed by atoms with Crippen LogP contribution in [-0.2, 0) is 0 Å². The van der Waals surface area contributed by atoms with Gasteiger partial charge >= 0.3 is 0 Å². The van der Waals surface area contributed by atoms with Crippen molar-refractivity contribution in [2.45, 2.75) is 20.0 Å². The minimum Gasteiger partial charge on any atom is -0.504 e. The maximum atomic E-state index is 9.66. The van der Waals surface area contributed by atoms with E-state index < -0.39 is 6.10 Å². The van der Waals surface area contributed by atoms with Crippen LogP contribution >= 0.6 is 0 Å². The molecule has 0 saturated carbocycles. The van der Waals surface area contributed by atoms with Gasteiger partial charge in [0, 0.05) is 5.56 Å². The second-order valence-corrected chi connectivity index (χ2v) is 3.02. The molecule has 0 aliphatic heterocycles. The molecule has 1 aromatic carbocycles. The van der Waals surface area contributed by atoms with Crippen molar-refractivity contribution < 1.29 is 14.9 Å². The van der Waals surface area contributed by atoms with Gasteiger partial charge in [-0.25, -0.2) is 0 Å². The predicted octanol–water partition coefficient (Wildman–Crippen LogP) is 1.76. The number of benzene rings is 1. The lowest BCUT2D eigenvalue weighted by molar-refractivity contribution is 0.193. The van der Waals surface area contributed by atoms with Crippen LogP contribution in [-0.4, -0.2) is 17.3 Å². The number of phenolic OH excluding ortho intramolecular Hbond substituents is 1. The topological polar surface area (TPSA) is 49.7 Å². The Morgan fingerprint density at radius 3 is 2.46 bits per heavy atom. The molecule has 3 nitrogen and oxygen atoms in total. The molecular weight excluding hydrogens is 168 g/mol. The first-order valence-corrected chi connectivity index (χ1v) is 4.12. The molecule has 1 rings (SSSR count). The molecule has 0 fully saturated rings. The molecule has 1 aromatic rings. The van der Waals surface area contributed by atoms with Crippen LogP contribution in [0.25, 0.3) is 0 Å². The zero-order chi connectivity index (χ0) is 10.0. The molecule has 2 N–H and O–H groups in total. The van der Waals surface area contributed by atoms with Crippen LogP contribution in [0.2, 0.25) is 0 Å². The molecule has 1 unspecified atom stereocenters. The number of aliphatic hydroxyl groups excluding tert-OH is 1. The maximum absolute atomic E-state index is 9.66. The van der Waals surface area contributed by atoms with Crippen molar-refractivity contribution in [3.05, 3.63) is 23.3 Å². The van der Waals surface area contributed by atoms with E-state index >= 15 is 0 Å². The summed E-state index contributed by atoms with van der Waals surface area (Å²) in [6, 6.07) is 3.48. The van der Waals surface area contributed by atoms with Crippen LogP contribution in [0.4, 0.5) is 0 Å². The van der Waals surface area contributed by atoms with Gasteiger partial charge in [-0.2, -0.15) is 0 Å². The number of hydrogen-bond acceptors (Lipinski definition) is 3. The van der Waals surface area contributed by atoms with Crippen molar-refractivity contribution >= 4 is 0 Å². The summed E-state index contributed by atoms with van der Waals surface area (Å²) in [5, 5.41) is 19.0. The van der Waals surface area contributed by atoms with Gasteiger partial charge in [-0.3, -0.25) is 0 Å². The molecule has 13 heavy (non-hydrogen) atoms. The SMILES string of the molecule is COc1ccc(C)c(C(C)O)c1O. The molecule has 72 valence electrons. The molecule has 0 aliphatic carbocycles. The summed E-state index contributed by atoms with van der Waals surface area (Å²) in [6.45, 7) is 3.45. The number of ether oxygens (including phenoxy) is 1. The van der Waals surface area contributed by atoms with Gasteiger partial charge in [-0.05, 0) is 25.5 Å². The maximum Gasteiger partial charge on any atom is 0.163 e. The normalized spacial score (nSPS) is 12.6. The van der Waals surface area contributed by atoms with Crippen molar-refractivity contribution in [2.75, 3.05) is 7.11 Å². The Morgan fingerprint density at radius 1 is 1.38 bits per heavy atom. The first-order chi connectivity index (χ1) is 6.07. The van der Waals surface area contributed by atoms with Gasteiger partial charge in [0.15, 0.2) is 11.5 Å². The fourth-order valence-electron chi connectivity index (χ4n) is 1.38. The van der Waals surface area contributed by atoms with E-state index in [-0.39, 0.29) is 5.75 Å². The van der Waals surface area contributed by atoms with Crippen molar-refractivity contribution in [1.82, 2.24) is 0 Å². The summed E-state index contributed by atoms with van der Waals surface area (Å²) >= 11 is 0. The van der Waals surface area contributed by atoms with Gasteiger partial charge in [0.25, 0.3) is 0 Å². The average Bonchev–Trinajstić information content (AvgIpc) is 2.04. The fourth-order valence-corrected chi connectivity index (χ4v) is 1.38. The van der Waals surface area contributed by atoms with Gasteiger partial charge in [0.05, 0.1) is 13.2 Å². The quantitative estimate of drug-likeness (QED) is 0.732. The molecule has 0 saturated heterocycles. The molecule has 1 atom stereocenters. The Morgan fingerprint density at radius 2 is 2.00 bits per heavy atom. The molecular formula is C10H14O3. The van der Waals surface area contributed by atoms with Crippen LogP contribution in [0.5, 0.6) is 11.5 Å².